The lowest BCUT2D eigenvalue weighted by atomic mass is 9.95. The van der Waals surface area contributed by atoms with Gasteiger partial charge in [0.25, 0.3) is 0 Å². The molecule has 7 heteroatoms. The molecule has 0 bridgehead atoms. The summed E-state index contributed by atoms with van der Waals surface area (Å²) in [4.78, 5) is 41.9. The zero-order valence-corrected chi connectivity index (χ0v) is 23.7. The Bertz CT molecular complexity index is 1270. The molecule has 0 aromatic heterocycles. The fourth-order valence-corrected chi connectivity index (χ4v) is 4.35. The van der Waals surface area contributed by atoms with E-state index in [0.717, 1.165) is 27.8 Å². The van der Waals surface area contributed by atoms with Crippen LogP contribution in [0.3, 0.4) is 0 Å². The van der Waals surface area contributed by atoms with Gasteiger partial charge in [0, 0.05) is 20.0 Å². The largest absolute Gasteiger partial charge is 0.444 e. The molecule has 0 saturated carbocycles. The molecule has 3 aromatic carbocycles. The predicted octanol–water partition coefficient (Wildman–Crippen LogP) is 5.26. The van der Waals surface area contributed by atoms with Gasteiger partial charge in [-0.25, -0.2) is 4.79 Å². The molecule has 0 spiro atoms. The van der Waals surface area contributed by atoms with Crippen molar-refractivity contribution in [2.75, 3.05) is 7.05 Å². The summed E-state index contributed by atoms with van der Waals surface area (Å²) in [6.45, 7) is 9.54. The second-order valence-corrected chi connectivity index (χ2v) is 10.7. The minimum Gasteiger partial charge on any atom is -0.444 e. The van der Waals surface area contributed by atoms with Gasteiger partial charge in [-0.2, -0.15) is 0 Å². The van der Waals surface area contributed by atoms with Crippen LogP contribution in [0.2, 0.25) is 0 Å². The Morgan fingerprint density at radius 2 is 1.44 bits per heavy atom. The zero-order chi connectivity index (χ0) is 28.6. The van der Waals surface area contributed by atoms with E-state index in [1.807, 2.05) is 92.7 Å². The maximum atomic E-state index is 14.0. The molecule has 206 valence electrons. The molecule has 0 fully saturated rings. The molecule has 2 unspecified atom stereocenters. The van der Waals surface area contributed by atoms with E-state index in [4.69, 9.17) is 4.74 Å². The highest BCUT2D eigenvalue weighted by Crippen LogP contribution is 2.26. The molecular formula is C32H39N3O4. The van der Waals surface area contributed by atoms with Crippen molar-refractivity contribution < 1.29 is 19.1 Å². The van der Waals surface area contributed by atoms with Gasteiger partial charge < -0.3 is 20.3 Å². The smallest absolute Gasteiger partial charge is 0.408 e. The van der Waals surface area contributed by atoms with Crippen molar-refractivity contribution in [2.24, 2.45) is 0 Å². The van der Waals surface area contributed by atoms with Crippen LogP contribution in [0, 0.1) is 13.8 Å². The third-order valence-corrected chi connectivity index (χ3v) is 6.51. The highest BCUT2D eigenvalue weighted by Gasteiger charge is 2.35. The summed E-state index contributed by atoms with van der Waals surface area (Å²) in [5, 5.41) is 5.74. The fraction of sp³-hybridized carbons (Fsp3) is 0.344. The van der Waals surface area contributed by atoms with E-state index in [2.05, 4.69) is 10.6 Å². The number of hydrogen-bond donors (Lipinski definition) is 2. The Morgan fingerprint density at radius 3 is 2.03 bits per heavy atom. The molecule has 2 N–H and O–H groups in total. The van der Waals surface area contributed by atoms with Crippen LogP contribution >= 0.6 is 0 Å². The van der Waals surface area contributed by atoms with E-state index in [-0.39, 0.29) is 12.3 Å². The first kappa shape index (κ1) is 29.4. The highest BCUT2D eigenvalue weighted by molar-refractivity contribution is 5.92. The normalized spacial score (nSPS) is 12.7. The van der Waals surface area contributed by atoms with Crippen molar-refractivity contribution >= 4 is 17.9 Å². The van der Waals surface area contributed by atoms with Crippen molar-refractivity contribution in [3.8, 4) is 0 Å². The second-order valence-electron chi connectivity index (χ2n) is 10.7. The summed E-state index contributed by atoms with van der Waals surface area (Å²) in [6, 6.07) is 22.9. The van der Waals surface area contributed by atoms with Crippen LogP contribution in [0.15, 0.2) is 78.9 Å². The standard InChI is InChI=1S/C32H39N3O4/c1-22-14-13-19-26(23(22)2)28(29(36)33-21-25-17-11-8-12-18-25)35(6)30(37)27(20-24-15-9-7-10-16-24)34-31(38)39-32(3,4)5/h7-19,27-28H,20-21H2,1-6H3,(H,33,36)(H,34,38). The summed E-state index contributed by atoms with van der Waals surface area (Å²) in [6.07, 6.45) is -0.448. The highest BCUT2D eigenvalue weighted by atomic mass is 16.6. The number of carbonyl (C=O) groups is 3. The summed E-state index contributed by atoms with van der Waals surface area (Å²) in [5.41, 5.74) is 3.77. The maximum absolute atomic E-state index is 14.0. The molecule has 0 aliphatic heterocycles. The summed E-state index contributed by atoms with van der Waals surface area (Å²) >= 11 is 0. The van der Waals surface area contributed by atoms with Gasteiger partial charge in [0.1, 0.15) is 17.7 Å². The molecule has 3 amide bonds. The minimum absolute atomic E-state index is 0.244. The number of benzene rings is 3. The first-order valence-electron chi connectivity index (χ1n) is 13.1. The molecule has 3 aromatic rings. The molecule has 39 heavy (non-hydrogen) atoms. The lowest BCUT2D eigenvalue weighted by Gasteiger charge is -2.32. The van der Waals surface area contributed by atoms with E-state index in [1.54, 1.807) is 27.8 Å². The Hall–Kier alpha value is -4.13. The molecule has 7 nitrogen and oxygen atoms in total. The van der Waals surface area contributed by atoms with Crippen LogP contribution < -0.4 is 10.6 Å². The lowest BCUT2D eigenvalue weighted by Crippen LogP contribution is -2.52. The predicted molar refractivity (Wildman–Crippen MR) is 153 cm³/mol. The monoisotopic (exact) mass is 529 g/mol. The third kappa shape index (κ3) is 8.43. The molecule has 0 radical (unpaired) electrons. The SMILES string of the molecule is Cc1cccc(C(C(=O)NCc2ccccc2)N(C)C(=O)C(Cc2ccccc2)NC(=O)OC(C)(C)C)c1C. The molecule has 0 aliphatic rings. The van der Waals surface area contributed by atoms with E-state index in [1.165, 1.54) is 4.90 Å². The molecule has 0 aliphatic carbocycles. The average Bonchev–Trinajstić information content (AvgIpc) is 2.89. The number of nitrogens with zero attached hydrogens (tertiary/aromatic N) is 1. The maximum Gasteiger partial charge on any atom is 0.408 e. The Labute approximate surface area is 231 Å². The number of aryl methyl sites for hydroxylation is 1. The van der Waals surface area contributed by atoms with Gasteiger partial charge in [-0.15, -0.1) is 0 Å². The quantitative estimate of drug-likeness (QED) is 0.396. The molecule has 0 heterocycles. The van der Waals surface area contributed by atoms with E-state index < -0.39 is 29.7 Å². The van der Waals surface area contributed by atoms with Crippen LogP contribution in [-0.2, 0) is 27.3 Å². The lowest BCUT2D eigenvalue weighted by molar-refractivity contribution is -0.140. The van der Waals surface area contributed by atoms with Crippen LogP contribution in [0.4, 0.5) is 4.79 Å². The Kier molecular flexibility index (Phi) is 9.88. The van der Waals surface area contributed by atoms with Crippen molar-refractivity contribution in [2.45, 2.75) is 65.3 Å². The van der Waals surface area contributed by atoms with Gasteiger partial charge in [-0.1, -0.05) is 78.9 Å². The number of alkyl carbamates (subject to hydrolysis) is 1. The third-order valence-electron chi connectivity index (χ3n) is 6.51. The van der Waals surface area contributed by atoms with Gasteiger partial charge in [0.15, 0.2) is 0 Å². The summed E-state index contributed by atoms with van der Waals surface area (Å²) in [7, 11) is 1.60. The van der Waals surface area contributed by atoms with Gasteiger partial charge in [0.05, 0.1) is 0 Å². The minimum atomic E-state index is -0.943. The first-order valence-corrected chi connectivity index (χ1v) is 13.1. The van der Waals surface area contributed by atoms with Gasteiger partial charge in [-0.3, -0.25) is 9.59 Å². The van der Waals surface area contributed by atoms with E-state index in [0.29, 0.717) is 6.54 Å². The van der Waals surface area contributed by atoms with Crippen molar-refractivity contribution in [3.05, 3.63) is 107 Å². The number of rotatable bonds is 9. The Balaban J connectivity index is 1.93. The van der Waals surface area contributed by atoms with E-state index >= 15 is 0 Å². The fourth-order valence-electron chi connectivity index (χ4n) is 4.35. The van der Waals surface area contributed by atoms with E-state index in [9.17, 15) is 14.4 Å². The summed E-state index contributed by atoms with van der Waals surface area (Å²) < 4.78 is 5.45. The average molecular weight is 530 g/mol. The summed E-state index contributed by atoms with van der Waals surface area (Å²) in [5.74, 6) is -0.704. The first-order chi connectivity index (χ1) is 18.5. The van der Waals surface area contributed by atoms with Gasteiger partial charge in [0.2, 0.25) is 11.8 Å². The molecular weight excluding hydrogens is 490 g/mol. The number of carbonyl (C=O) groups excluding carboxylic acids is 3. The molecule has 3 rings (SSSR count). The van der Waals surface area contributed by atoms with Crippen LogP contribution in [0.1, 0.15) is 54.6 Å². The molecule has 2 atom stereocenters. The Morgan fingerprint density at radius 1 is 0.846 bits per heavy atom. The number of ether oxygens (including phenoxy) is 1. The van der Waals surface area contributed by atoms with Crippen LogP contribution in [0.5, 0.6) is 0 Å². The number of nitrogens with one attached hydrogen (secondary N) is 2. The number of hydrogen-bond acceptors (Lipinski definition) is 4. The van der Waals surface area contributed by atoms with Crippen molar-refractivity contribution in [1.82, 2.24) is 15.5 Å². The van der Waals surface area contributed by atoms with Gasteiger partial charge >= 0.3 is 6.09 Å². The van der Waals surface area contributed by atoms with Gasteiger partial charge in [-0.05, 0) is 62.4 Å². The van der Waals surface area contributed by atoms with Crippen LogP contribution in [-0.4, -0.2) is 41.5 Å². The number of likely N-dealkylation sites (N-methyl/N-ethyl adjacent to an activating group) is 1. The number of amides is 3. The van der Waals surface area contributed by atoms with Crippen molar-refractivity contribution in [1.29, 1.82) is 0 Å². The molecule has 0 saturated heterocycles. The zero-order valence-electron chi connectivity index (χ0n) is 23.7. The van der Waals surface area contributed by atoms with Crippen LogP contribution in [0.25, 0.3) is 0 Å². The second kappa shape index (κ2) is 13.1. The van der Waals surface area contributed by atoms with Crippen molar-refractivity contribution in [3.63, 3.8) is 0 Å². The topological polar surface area (TPSA) is 87.7 Å².